The molecule has 1 atom stereocenters. The average molecular weight is 206 g/mol. The Labute approximate surface area is 91.4 Å². The zero-order valence-corrected chi connectivity index (χ0v) is 9.29. The minimum Gasteiger partial charge on any atom is -0.352 e. The fourth-order valence-corrected chi connectivity index (χ4v) is 1.18. The van der Waals surface area contributed by atoms with Gasteiger partial charge in [-0.25, -0.2) is 4.79 Å². The van der Waals surface area contributed by atoms with Crippen LogP contribution in [0.25, 0.3) is 0 Å². The van der Waals surface area contributed by atoms with Crippen LogP contribution >= 0.6 is 0 Å². The van der Waals surface area contributed by atoms with E-state index in [0.717, 1.165) is 12.0 Å². The molecule has 0 heterocycles. The second-order valence-electron chi connectivity index (χ2n) is 3.22. The first-order valence-corrected chi connectivity index (χ1v) is 4.94. The van der Waals surface area contributed by atoms with E-state index < -0.39 is 6.03 Å². The molecule has 82 valence electrons. The normalized spacial score (nSPS) is 13.5. The number of hydrogen-bond donors (Lipinski definition) is 2. The van der Waals surface area contributed by atoms with Gasteiger partial charge in [0.25, 0.3) is 0 Å². The van der Waals surface area contributed by atoms with Crippen LogP contribution in [0.3, 0.4) is 0 Å². The molecule has 0 aromatic rings. The number of terminal acetylenes is 1. The van der Waals surface area contributed by atoms with E-state index in [1.165, 1.54) is 0 Å². The Morgan fingerprint density at radius 3 is 2.80 bits per heavy atom. The molecule has 0 saturated heterocycles. The first-order chi connectivity index (χ1) is 7.11. The molecule has 3 N–H and O–H groups in total. The monoisotopic (exact) mass is 206 g/mol. The van der Waals surface area contributed by atoms with E-state index in [2.05, 4.69) is 11.2 Å². The highest BCUT2D eigenvalue weighted by molar-refractivity contribution is 5.72. The number of nitrogens with two attached hydrogens (primary N) is 1. The summed E-state index contributed by atoms with van der Waals surface area (Å²) in [6, 6.07) is -0.500. The molecule has 3 heteroatoms. The van der Waals surface area contributed by atoms with Gasteiger partial charge in [0.1, 0.15) is 0 Å². The Morgan fingerprint density at radius 2 is 2.33 bits per heavy atom. The van der Waals surface area contributed by atoms with Crippen LogP contribution in [-0.4, -0.2) is 12.1 Å². The summed E-state index contributed by atoms with van der Waals surface area (Å²) in [6.07, 6.45) is 12.2. The second-order valence-corrected chi connectivity index (χ2v) is 3.22. The lowest BCUT2D eigenvalue weighted by Gasteiger charge is -2.15. The summed E-state index contributed by atoms with van der Waals surface area (Å²) >= 11 is 0. The number of nitrogens with one attached hydrogen (secondary N) is 1. The number of primary amides is 1. The molecule has 15 heavy (non-hydrogen) atoms. The van der Waals surface area contributed by atoms with Crippen molar-refractivity contribution in [3.8, 4) is 12.3 Å². The van der Waals surface area contributed by atoms with Gasteiger partial charge in [-0.05, 0) is 13.3 Å². The maximum absolute atomic E-state index is 10.7. The van der Waals surface area contributed by atoms with Crippen molar-refractivity contribution < 1.29 is 4.79 Å². The average Bonchev–Trinajstić information content (AvgIpc) is 2.20. The van der Waals surface area contributed by atoms with Crippen molar-refractivity contribution in [3.63, 3.8) is 0 Å². The smallest absolute Gasteiger partial charge is 0.312 e. The van der Waals surface area contributed by atoms with Gasteiger partial charge >= 0.3 is 6.03 Å². The highest BCUT2D eigenvalue weighted by Gasteiger charge is 2.08. The van der Waals surface area contributed by atoms with Gasteiger partial charge in [-0.2, -0.15) is 0 Å². The van der Waals surface area contributed by atoms with E-state index in [9.17, 15) is 4.79 Å². The number of urea groups is 1. The quantitative estimate of drug-likeness (QED) is 0.524. The molecule has 3 nitrogen and oxygen atoms in total. The lowest BCUT2D eigenvalue weighted by molar-refractivity contribution is 0.246. The lowest BCUT2D eigenvalue weighted by Crippen LogP contribution is -2.38. The molecule has 0 rings (SSSR count). The van der Waals surface area contributed by atoms with Crippen molar-refractivity contribution >= 4 is 6.03 Å². The van der Waals surface area contributed by atoms with E-state index in [1.54, 1.807) is 0 Å². The topological polar surface area (TPSA) is 55.1 Å². The third-order valence-electron chi connectivity index (χ3n) is 2.01. The predicted octanol–water partition coefficient (Wildman–Crippen LogP) is 1.96. The molecule has 2 amide bonds. The Hall–Kier alpha value is -1.69. The summed E-state index contributed by atoms with van der Waals surface area (Å²) in [7, 11) is 0. The standard InChI is InChI=1S/C12H18N2O/c1-4-6-7-8-9-10(3)11(5-2)14-12(13)15/h1,7-9,11H,5-6H2,2-3H3,(H3,13,14,15)/b8-7-,10-9+. The van der Waals surface area contributed by atoms with Crippen molar-refractivity contribution in [2.75, 3.05) is 0 Å². The molecule has 0 aromatic carbocycles. The largest absolute Gasteiger partial charge is 0.352 e. The third-order valence-corrected chi connectivity index (χ3v) is 2.01. The van der Waals surface area contributed by atoms with Gasteiger partial charge in [-0.15, -0.1) is 12.3 Å². The minimum absolute atomic E-state index is 0.00187. The van der Waals surface area contributed by atoms with Gasteiger partial charge in [-0.1, -0.05) is 30.7 Å². The molecule has 1 unspecified atom stereocenters. The second kappa shape index (κ2) is 7.69. The Balaban J connectivity index is 4.31. The van der Waals surface area contributed by atoms with Crippen LogP contribution in [-0.2, 0) is 0 Å². The van der Waals surface area contributed by atoms with Crippen LogP contribution < -0.4 is 11.1 Å². The van der Waals surface area contributed by atoms with Crippen molar-refractivity contribution in [2.24, 2.45) is 5.73 Å². The van der Waals surface area contributed by atoms with Crippen LogP contribution in [0, 0.1) is 12.3 Å². The van der Waals surface area contributed by atoms with Crippen LogP contribution in [0.1, 0.15) is 26.7 Å². The third kappa shape index (κ3) is 6.39. The molecular formula is C12H18N2O. The molecule has 0 aliphatic heterocycles. The lowest BCUT2D eigenvalue weighted by atomic mass is 10.1. The van der Waals surface area contributed by atoms with Gasteiger partial charge in [0.2, 0.25) is 0 Å². The fourth-order valence-electron chi connectivity index (χ4n) is 1.18. The van der Waals surface area contributed by atoms with Gasteiger partial charge < -0.3 is 11.1 Å². The first kappa shape index (κ1) is 13.3. The molecule has 0 aromatic heterocycles. The van der Waals surface area contributed by atoms with E-state index >= 15 is 0 Å². The van der Waals surface area contributed by atoms with Crippen LogP contribution in [0.4, 0.5) is 4.79 Å². The van der Waals surface area contributed by atoms with Gasteiger partial charge in [0, 0.05) is 6.42 Å². The van der Waals surface area contributed by atoms with Gasteiger partial charge in [0.15, 0.2) is 0 Å². The molecular weight excluding hydrogens is 188 g/mol. The highest BCUT2D eigenvalue weighted by atomic mass is 16.2. The minimum atomic E-state index is -0.498. The zero-order chi connectivity index (χ0) is 11.7. The fraction of sp³-hybridized carbons (Fsp3) is 0.417. The first-order valence-electron chi connectivity index (χ1n) is 4.94. The molecule has 0 saturated carbocycles. The van der Waals surface area contributed by atoms with Gasteiger partial charge in [0.05, 0.1) is 6.04 Å². The number of hydrogen-bond acceptors (Lipinski definition) is 1. The number of allylic oxidation sites excluding steroid dienone is 3. The summed E-state index contributed by atoms with van der Waals surface area (Å²) in [6.45, 7) is 3.94. The molecule has 0 aliphatic rings. The summed E-state index contributed by atoms with van der Waals surface area (Å²) < 4.78 is 0. The summed E-state index contributed by atoms with van der Waals surface area (Å²) in [5, 5.41) is 2.67. The van der Waals surface area contributed by atoms with E-state index in [-0.39, 0.29) is 6.04 Å². The summed E-state index contributed by atoms with van der Waals surface area (Å²) in [4.78, 5) is 10.7. The van der Waals surface area contributed by atoms with Crippen LogP contribution in [0.2, 0.25) is 0 Å². The van der Waals surface area contributed by atoms with Crippen molar-refractivity contribution in [2.45, 2.75) is 32.7 Å². The van der Waals surface area contributed by atoms with Crippen molar-refractivity contribution in [3.05, 3.63) is 23.8 Å². The summed E-state index contributed by atoms with van der Waals surface area (Å²) in [5.74, 6) is 2.51. The molecule has 0 aliphatic carbocycles. The van der Waals surface area contributed by atoms with E-state index in [0.29, 0.717) is 6.42 Å². The van der Waals surface area contributed by atoms with Gasteiger partial charge in [-0.3, -0.25) is 0 Å². The van der Waals surface area contributed by atoms with Crippen LogP contribution in [0.5, 0.6) is 0 Å². The molecule has 0 spiro atoms. The predicted molar refractivity (Wildman–Crippen MR) is 63.1 cm³/mol. The maximum atomic E-state index is 10.7. The van der Waals surface area contributed by atoms with Crippen molar-refractivity contribution in [1.82, 2.24) is 5.32 Å². The van der Waals surface area contributed by atoms with Crippen molar-refractivity contribution in [1.29, 1.82) is 0 Å². The number of amides is 2. The summed E-state index contributed by atoms with van der Waals surface area (Å²) in [5.41, 5.74) is 6.12. The number of rotatable bonds is 5. The highest BCUT2D eigenvalue weighted by Crippen LogP contribution is 2.05. The Bertz CT molecular complexity index is 297. The molecule has 0 radical (unpaired) electrons. The van der Waals surface area contributed by atoms with E-state index in [1.807, 2.05) is 32.1 Å². The molecule has 0 fully saturated rings. The van der Waals surface area contributed by atoms with E-state index in [4.69, 9.17) is 12.2 Å². The maximum Gasteiger partial charge on any atom is 0.312 e. The number of carbonyl (C=O) groups excluding carboxylic acids is 1. The number of carbonyl (C=O) groups is 1. The Morgan fingerprint density at radius 1 is 1.67 bits per heavy atom. The zero-order valence-electron chi connectivity index (χ0n) is 9.29. The van der Waals surface area contributed by atoms with Crippen LogP contribution in [0.15, 0.2) is 23.8 Å². The molecule has 0 bridgehead atoms. The Kier molecular flexibility index (Phi) is 6.82. The SMILES string of the molecule is C#CC/C=C\C=C(/C)C(CC)NC(N)=O.